The molecule has 0 amide bonds. The third kappa shape index (κ3) is 3.93. The summed E-state index contributed by atoms with van der Waals surface area (Å²) in [5, 5.41) is 15.0. The van der Waals surface area contributed by atoms with Gasteiger partial charge in [0.05, 0.1) is 12.1 Å². The first-order chi connectivity index (χ1) is 9.06. The summed E-state index contributed by atoms with van der Waals surface area (Å²) >= 11 is 1.51. The zero-order valence-electron chi connectivity index (χ0n) is 11.6. The van der Waals surface area contributed by atoms with Gasteiger partial charge in [0, 0.05) is 11.4 Å². The number of carbonyl (C=O) groups is 1. The van der Waals surface area contributed by atoms with Crippen LogP contribution in [0.1, 0.15) is 45.2 Å². The molecular formula is C14H22N2O2S. The normalized spacial score (nSPS) is 23.5. The van der Waals surface area contributed by atoms with E-state index >= 15 is 0 Å². The molecule has 0 aliphatic heterocycles. The first kappa shape index (κ1) is 14.3. The quantitative estimate of drug-likeness (QED) is 0.869. The Kier molecular flexibility index (Phi) is 4.80. The maximum absolute atomic E-state index is 10.7. The molecule has 1 heterocycles. The van der Waals surface area contributed by atoms with E-state index in [2.05, 4.69) is 24.1 Å². The maximum Gasteiger partial charge on any atom is 0.309 e. The fraction of sp³-hybridized carbons (Fsp3) is 0.714. The predicted molar refractivity (Wildman–Crippen MR) is 77.7 cm³/mol. The minimum atomic E-state index is -0.824. The van der Waals surface area contributed by atoms with Crippen LogP contribution >= 0.6 is 11.3 Å². The molecule has 19 heavy (non-hydrogen) atoms. The highest BCUT2D eigenvalue weighted by Crippen LogP contribution is 2.32. The van der Waals surface area contributed by atoms with Crippen molar-refractivity contribution in [3.05, 3.63) is 11.1 Å². The number of hydrogen-bond donors (Lipinski definition) is 2. The van der Waals surface area contributed by atoms with E-state index in [0.29, 0.717) is 23.6 Å². The highest BCUT2D eigenvalue weighted by atomic mass is 32.1. The smallest absolute Gasteiger partial charge is 0.309 e. The van der Waals surface area contributed by atoms with Gasteiger partial charge in [0.2, 0.25) is 0 Å². The number of aliphatic carboxylic acids is 1. The van der Waals surface area contributed by atoms with Gasteiger partial charge in [0.15, 0.2) is 5.13 Å². The van der Waals surface area contributed by atoms with Crippen molar-refractivity contribution in [2.45, 2.75) is 52.0 Å². The van der Waals surface area contributed by atoms with Gasteiger partial charge >= 0.3 is 5.97 Å². The van der Waals surface area contributed by atoms with Gasteiger partial charge in [-0.1, -0.05) is 26.7 Å². The second kappa shape index (κ2) is 6.37. The minimum absolute atomic E-state index is 0.0104. The lowest BCUT2D eigenvalue weighted by molar-refractivity contribution is -0.136. The number of anilines is 1. The third-order valence-electron chi connectivity index (χ3n) is 3.87. The van der Waals surface area contributed by atoms with Gasteiger partial charge in [-0.05, 0) is 24.7 Å². The number of nitrogens with zero attached hydrogens (tertiary/aromatic N) is 1. The highest BCUT2D eigenvalue weighted by Gasteiger charge is 2.27. The van der Waals surface area contributed by atoms with Crippen LogP contribution in [0.2, 0.25) is 0 Å². The van der Waals surface area contributed by atoms with Crippen LogP contribution in [0.25, 0.3) is 0 Å². The van der Waals surface area contributed by atoms with E-state index in [1.165, 1.54) is 37.0 Å². The maximum atomic E-state index is 10.7. The molecule has 1 aromatic heterocycles. The summed E-state index contributed by atoms with van der Waals surface area (Å²) in [6.45, 7) is 4.56. The van der Waals surface area contributed by atoms with E-state index < -0.39 is 5.97 Å². The van der Waals surface area contributed by atoms with Crippen LogP contribution < -0.4 is 5.32 Å². The molecule has 1 fully saturated rings. The Hall–Kier alpha value is -1.10. The molecule has 2 rings (SSSR count). The molecule has 0 bridgehead atoms. The zero-order chi connectivity index (χ0) is 13.8. The summed E-state index contributed by atoms with van der Waals surface area (Å²) in [5.41, 5.74) is 0.650. The Balaban J connectivity index is 1.98. The third-order valence-corrected chi connectivity index (χ3v) is 4.69. The van der Waals surface area contributed by atoms with Gasteiger partial charge in [-0.25, -0.2) is 4.98 Å². The molecule has 1 aliphatic rings. The molecule has 2 N–H and O–H groups in total. The fourth-order valence-corrected chi connectivity index (χ4v) is 3.68. The van der Waals surface area contributed by atoms with Crippen molar-refractivity contribution in [1.29, 1.82) is 0 Å². The molecule has 1 aliphatic carbocycles. The Labute approximate surface area is 118 Å². The van der Waals surface area contributed by atoms with Crippen molar-refractivity contribution in [2.75, 3.05) is 5.32 Å². The SMILES string of the molecule is CC(C)C1CCCCC1Nc1nc(CC(=O)O)cs1. The molecule has 0 radical (unpaired) electrons. The second-order valence-corrected chi connectivity index (χ2v) is 6.52. The van der Waals surface area contributed by atoms with Crippen LogP contribution in [0.4, 0.5) is 5.13 Å². The first-order valence-electron chi connectivity index (χ1n) is 6.99. The van der Waals surface area contributed by atoms with E-state index in [0.717, 1.165) is 5.13 Å². The fourth-order valence-electron chi connectivity index (χ4n) is 2.90. The Bertz CT molecular complexity index is 431. The van der Waals surface area contributed by atoms with Gasteiger partial charge in [0.1, 0.15) is 0 Å². The molecule has 4 nitrogen and oxygen atoms in total. The summed E-state index contributed by atoms with van der Waals surface area (Å²) in [6.07, 6.45) is 5.08. The topological polar surface area (TPSA) is 62.2 Å². The van der Waals surface area contributed by atoms with Gasteiger partial charge < -0.3 is 10.4 Å². The van der Waals surface area contributed by atoms with Crippen LogP contribution in [0, 0.1) is 11.8 Å². The number of aromatic nitrogens is 1. The van der Waals surface area contributed by atoms with Crippen molar-refractivity contribution < 1.29 is 9.90 Å². The molecule has 2 unspecified atom stereocenters. The van der Waals surface area contributed by atoms with Crippen LogP contribution in [0.3, 0.4) is 0 Å². The van der Waals surface area contributed by atoms with E-state index in [1.54, 1.807) is 0 Å². The number of rotatable bonds is 5. The molecule has 2 atom stereocenters. The molecule has 106 valence electrons. The molecular weight excluding hydrogens is 260 g/mol. The number of carboxylic acids is 1. The molecule has 0 saturated heterocycles. The molecule has 0 aromatic carbocycles. The highest BCUT2D eigenvalue weighted by molar-refractivity contribution is 7.13. The van der Waals surface area contributed by atoms with Crippen LogP contribution in [0.5, 0.6) is 0 Å². The minimum Gasteiger partial charge on any atom is -0.481 e. The van der Waals surface area contributed by atoms with E-state index in [1.807, 2.05) is 5.38 Å². The second-order valence-electron chi connectivity index (χ2n) is 5.66. The van der Waals surface area contributed by atoms with Crippen molar-refractivity contribution in [3.63, 3.8) is 0 Å². The summed E-state index contributed by atoms with van der Waals surface area (Å²) in [6, 6.07) is 0.484. The van der Waals surface area contributed by atoms with Crippen molar-refractivity contribution >= 4 is 22.4 Å². The Morgan fingerprint density at radius 3 is 2.95 bits per heavy atom. The average Bonchev–Trinajstić information content (AvgIpc) is 2.76. The van der Waals surface area contributed by atoms with Crippen LogP contribution in [0.15, 0.2) is 5.38 Å². The number of carboxylic acid groups (broad SMARTS) is 1. The summed E-state index contributed by atoms with van der Waals surface area (Å²) in [4.78, 5) is 15.0. The summed E-state index contributed by atoms with van der Waals surface area (Å²) < 4.78 is 0. The monoisotopic (exact) mass is 282 g/mol. The summed E-state index contributed by atoms with van der Waals surface area (Å²) in [7, 11) is 0. The lowest BCUT2D eigenvalue weighted by atomic mass is 9.78. The van der Waals surface area contributed by atoms with E-state index in [9.17, 15) is 4.79 Å². The van der Waals surface area contributed by atoms with Crippen LogP contribution in [-0.2, 0) is 11.2 Å². The van der Waals surface area contributed by atoms with Gasteiger partial charge in [-0.3, -0.25) is 4.79 Å². The summed E-state index contributed by atoms with van der Waals surface area (Å²) in [5.74, 6) is 0.548. The first-order valence-corrected chi connectivity index (χ1v) is 7.87. The number of hydrogen-bond acceptors (Lipinski definition) is 4. The molecule has 5 heteroatoms. The van der Waals surface area contributed by atoms with Crippen molar-refractivity contribution in [2.24, 2.45) is 11.8 Å². The number of nitrogens with one attached hydrogen (secondary N) is 1. The zero-order valence-corrected chi connectivity index (χ0v) is 12.4. The molecule has 0 spiro atoms. The molecule has 1 saturated carbocycles. The van der Waals surface area contributed by atoms with Crippen molar-refractivity contribution in [1.82, 2.24) is 4.98 Å². The van der Waals surface area contributed by atoms with Crippen molar-refractivity contribution in [3.8, 4) is 0 Å². The van der Waals surface area contributed by atoms with Gasteiger partial charge in [0.25, 0.3) is 0 Å². The lowest BCUT2D eigenvalue weighted by Crippen LogP contribution is -2.35. The Morgan fingerprint density at radius 1 is 1.53 bits per heavy atom. The van der Waals surface area contributed by atoms with Gasteiger partial charge in [-0.2, -0.15) is 0 Å². The Morgan fingerprint density at radius 2 is 2.26 bits per heavy atom. The van der Waals surface area contributed by atoms with Gasteiger partial charge in [-0.15, -0.1) is 11.3 Å². The average molecular weight is 282 g/mol. The molecule has 1 aromatic rings. The van der Waals surface area contributed by atoms with E-state index in [4.69, 9.17) is 5.11 Å². The lowest BCUT2D eigenvalue weighted by Gasteiger charge is -2.34. The largest absolute Gasteiger partial charge is 0.481 e. The van der Waals surface area contributed by atoms with E-state index in [-0.39, 0.29) is 6.42 Å². The standard InChI is InChI=1S/C14H22N2O2S/c1-9(2)11-5-3-4-6-12(11)16-14-15-10(8-19-14)7-13(17)18/h8-9,11-12H,3-7H2,1-2H3,(H,15,16)(H,17,18). The van der Waals surface area contributed by atoms with Crippen LogP contribution in [-0.4, -0.2) is 22.1 Å². The predicted octanol–water partition coefficient (Wildman–Crippen LogP) is 3.40. The number of thiazole rings is 1.